The van der Waals surface area contributed by atoms with Crippen LogP contribution in [0.2, 0.25) is 0 Å². The van der Waals surface area contributed by atoms with Crippen LogP contribution in [-0.4, -0.2) is 55.0 Å². The van der Waals surface area contributed by atoms with Crippen LogP contribution >= 0.6 is 0 Å². The zero-order valence-electron chi connectivity index (χ0n) is 13.1. The topological polar surface area (TPSA) is 49.6 Å². The van der Waals surface area contributed by atoms with Crippen LogP contribution in [0.1, 0.15) is 46.0 Å². The summed E-state index contributed by atoms with van der Waals surface area (Å²) in [6.45, 7) is 7.23. The molecule has 1 saturated heterocycles. The van der Waals surface area contributed by atoms with Gasteiger partial charge in [-0.25, -0.2) is 0 Å². The Morgan fingerprint density at radius 1 is 1.37 bits per heavy atom. The highest BCUT2D eigenvalue weighted by Crippen LogP contribution is 2.19. The smallest absolute Gasteiger partial charge is 0.222 e. The van der Waals surface area contributed by atoms with Crippen LogP contribution < -0.4 is 5.73 Å². The number of nitrogens with zero attached hydrogens (tertiary/aromatic N) is 2. The van der Waals surface area contributed by atoms with Crippen LogP contribution in [0.4, 0.5) is 0 Å². The summed E-state index contributed by atoms with van der Waals surface area (Å²) in [6.07, 6.45) is 5.00. The molecule has 1 heterocycles. The Balaban J connectivity index is 2.19. The normalized spacial score (nSPS) is 18.6. The number of rotatable bonds is 6. The molecule has 1 aliphatic rings. The van der Waals surface area contributed by atoms with Gasteiger partial charge in [0.15, 0.2) is 0 Å². The average molecular weight is 269 g/mol. The summed E-state index contributed by atoms with van der Waals surface area (Å²) in [5, 5.41) is 0. The van der Waals surface area contributed by atoms with Gasteiger partial charge in [0.05, 0.1) is 0 Å². The van der Waals surface area contributed by atoms with Crippen molar-refractivity contribution in [2.24, 2.45) is 11.7 Å². The number of hydrogen-bond acceptors (Lipinski definition) is 3. The van der Waals surface area contributed by atoms with Gasteiger partial charge in [0.2, 0.25) is 5.91 Å². The highest BCUT2D eigenvalue weighted by Gasteiger charge is 2.19. The molecule has 0 aromatic heterocycles. The number of carbonyl (C=O) groups is 1. The Labute approximate surface area is 118 Å². The van der Waals surface area contributed by atoms with Gasteiger partial charge in [0.1, 0.15) is 0 Å². The molecule has 0 aliphatic carbocycles. The Hall–Kier alpha value is -0.610. The molecule has 19 heavy (non-hydrogen) atoms. The van der Waals surface area contributed by atoms with Crippen LogP contribution in [-0.2, 0) is 4.79 Å². The number of nitrogens with two attached hydrogens (primary N) is 1. The first-order chi connectivity index (χ1) is 8.78. The van der Waals surface area contributed by atoms with E-state index in [4.69, 9.17) is 5.73 Å². The summed E-state index contributed by atoms with van der Waals surface area (Å²) >= 11 is 0. The molecule has 0 unspecified atom stereocenters. The molecule has 0 radical (unpaired) electrons. The van der Waals surface area contributed by atoms with Gasteiger partial charge >= 0.3 is 0 Å². The fourth-order valence-electron chi connectivity index (χ4n) is 2.47. The van der Waals surface area contributed by atoms with Crippen LogP contribution in [0.25, 0.3) is 0 Å². The molecule has 2 N–H and O–H groups in total. The van der Waals surface area contributed by atoms with Crippen molar-refractivity contribution in [3.05, 3.63) is 0 Å². The van der Waals surface area contributed by atoms with E-state index in [9.17, 15) is 4.79 Å². The molecule has 0 saturated carbocycles. The summed E-state index contributed by atoms with van der Waals surface area (Å²) in [6, 6.07) is 0. The summed E-state index contributed by atoms with van der Waals surface area (Å²) in [4.78, 5) is 16.2. The number of hydrogen-bond donors (Lipinski definition) is 1. The lowest BCUT2D eigenvalue weighted by molar-refractivity contribution is -0.130. The molecule has 0 spiro atoms. The number of carbonyl (C=O) groups excluding carboxylic acids is 1. The molecule has 1 fully saturated rings. The van der Waals surface area contributed by atoms with Gasteiger partial charge in [-0.3, -0.25) is 4.79 Å². The van der Waals surface area contributed by atoms with Crippen LogP contribution in [0.5, 0.6) is 0 Å². The summed E-state index contributed by atoms with van der Waals surface area (Å²) in [5.41, 5.74) is 5.67. The molecule has 1 aliphatic heterocycles. The fraction of sp³-hybridized carbons (Fsp3) is 0.933. The fourth-order valence-corrected chi connectivity index (χ4v) is 2.47. The Morgan fingerprint density at radius 2 is 1.95 bits per heavy atom. The number of piperidine rings is 1. The number of amides is 1. The van der Waals surface area contributed by atoms with Crippen LogP contribution in [0.15, 0.2) is 0 Å². The lowest BCUT2D eigenvalue weighted by atomic mass is 9.93. The monoisotopic (exact) mass is 269 g/mol. The molecule has 0 aromatic carbocycles. The summed E-state index contributed by atoms with van der Waals surface area (Å²) in [5.74, 6) is 1.02. The second-order valence-corrected chi connectivity index (χ2v) is 6.84. The molecular weight excluding hydrogens is 238 g/mol. The number of likely N-dealkylation sites (tertiary alicyclic amines) is 1. The largest absolute Gasteiger partial charge is 0.346 e. The highest BCUT2D eigenvalue weighted by atomic mass is 16.2. The first kappa shape index (κ1) is 16.4. The second kappa shape index (κ2) is 7.25. The van der Waals surface area contributed by atoms with E-state index in [0.717, 1.165) is 25.3 Å². The Bertz CT molecular complexity index is 278. The zero-order valence-corrected chi connectivity index (χ0v) is 13.1. The van der Waals surface area contributed by atoms with Gasteiger partial charge in [-0.15, -0.1) is 0 Å². The van der Waals surface area contributed by atoms with E-state index >= 15 is 0 Å². The van der Waals surface area contributed by atoms with Gasteiger partial charge in [-0.05, 0) is 65.6 Å². The Morgan fingerprint density at radius 3 is 2.47 bits per heavy atom. The predicted octanol–water partition coefficient (Wildman–Crippen LogP) is 1.69. The zero-order chi connectivity index (χ0) is 14.5. The van der Waals surface area contributed by atoms with Crippen molar-refractivity contribution in [3.8, 4) is 0 Å². The van der Waals surface area contributed by atoms with E-state index in [1.54, 1.807) is 0 Å². The average Bonchev–Trinajstić information content (AvgIpc) is 2.34. The van der Waals surface area contributed by atoms with Crippen molar-refractivity contribution in [3.63, 3.8) is 0 Å². The van der Waals surface area contributed by atoms with Crippen molar-refractivity contribution < 1.29 is 4.79 Å². The summed E-state index contributed by atoms with van der Waals surface area (Å²) < 4.78 is 0. The van der Waals surface area contributed by atoms with E-state index in [2.05, 4.69) is 11.9 Å². The van der Waals surface area contributed by atoms with Gasteiger partial charge in [0.25, 0.3) is 0 Å². The van der Waals surface area contributed by atoms with Gasteiger partial charge in [0, 0.05) is 25.6 Å². The van der Waals surface area contributed by atoms with Crippen molar-refractivity contribution in [2.45, 2.75) is 51.5 Å². The minimum absolute atomic E-state index is 0.228. The van der Waals surface area contributed by atoms with Crippen molar-refractivity contribution in [1.29, 1.82) is 0 Å². The quantitative estimate of drug-likeness (QED) is 0.798. The second-order valence-electron chi connectivity index (χ2n) is 6.84. The third-order valence-electron chi connectivity index (χ3n) is 4.12. The molecule has 1 amide bonds. The van der Waals surface area contributed by atoms with E-state index < -0.39 is 0 Å². The van der Waals surface area contributed by atoms with Crippen molar-refractivity contribution in [2.75, 3.05) is 33.7 Å². The lowest BCUT2D eigenvalue weighted by Gasteiger charge is -2.30. The maximum Gasteiger partial charge on any atom is 0.222 e. The summed E-state index contributed by atoms with van der Waals surface area (Å²) in [7, 11) is 4.10. The molecule has 112 valence electrons. The van der Waals surface area contributed by atoms with Crippen molar-refractivity contribution in [1.82, 2.24) is 9.80 Å². The van der Waals surface area contributed by atoms with E-state index in [0.29, 0.717) is 6.42 Å². The minimum Gasteiger partial charge on any atom is -0.346 e. The van der Waals surface area contributed by atoms with Gasteiger partial charge < -0.3 is 15.5 Å². The molecule has 4 heteroatoms. The minimum atomic E-state index is -0.246. The lowest BCUT2D eigenvalue weighted by Crippen LogP contribution is -2.36. The maximum absolute atomic E-state index is 12.0. The third-order valence-corrected chi connectivity index (χ3v) is 4.12. The highest BCUT2D eigenvalue weighted by molar-refractivity contribution is 5.75. The molecule has 4 nitrogen and oxygen atoms in total. The molecule has 0 bridgehead atoms. The first-order valence-electron chi connectivity index (χ1n) is 7.49. The molecule has 0 atom stereocenters. The molecule has 1 rings (SSSR count). The van der Waals surface area contributed by atoms with E-state index in [1.807, 2.05) is 25.8 Å². The van der Waals surface area contributed by atoms with E-state index in [1.165, 1.54) is 25.9 Å². The van der Waals surface area contributed by atoms with Crippen LogP contribution in [0, 0.1) is 5.92 Å². The van der Waals surface area contributed by atoms with Gasteiger partial charge in [-0.2, -0.15) is 0 Å². The standard InChI is InChI=1S/C15H31N3O/c1-15(2,16)9-5-14(19)18(4)12-8-13-6-10-17(3)11-7-13/h13H,5-12,16H2,1-4H3. The third kappa shape index (κ3) is 6.92. The van der Waals surface area contributed by atoms with E-state index in [-0.39, 0.29) is 11.4 Å². The maximum atomic E-state index is 12.0. The van der Waals surface area contributed by atoms with Crippen LogP contribution in [0.3, 0.4) is 0 Å². The van der Waals surface area contributed by atoms with Gasteiger partial charge in [-0.1, -0.05) is 0 Å². The van der Waals surface area contributed by atoms with Crippen molar-refractivity contribution >= 4 is 5.91 Å². The first-order valence-corrected chi connectivity index (χ1v) is 7.49. The molecule has 0 aromatic rings. The predicted molar refractivity (Wildman–Crippen MR) is 80.0 cm³/mol. The SMILES string of the molecule is CN1CCC(CCN(C)C(=O)CCC(C)(C)N)CC1. The Kier molecular flexibility index (Phi) is 6.27. The molecular formula is C15H31N3O.